The van der Waals surface area contributed by atoms with E-state index in [2.05, 4.69) is 13.5 Å². The van der Waals surface area contributed by atoms with E-state index in [0.717, 1.165) is 12.8 Å². The largest absolute Gasteiger partial charge is 0.462 e. The topological polar surface area (TPSA) is 26.3 Å². The molecule has 1 saturated heterocycles. The van der Waals surface area contributed by atoms with Gasteiger partial charge >= 0.3 is 5.97 Å². The lowest BCUT2D eigenvalue weighted by Gasteiger charge is -2.31. The highest BCUT2D eigenvalue weighted by atomic mass is 16.5. The van der Waals surface area contributed by atoms with Crippen LogP contribution in [0.1, 0.15) is 26.7 Å². The van der Waals surface area contributed by atoms with Crippen LogP contribution in [0, 0.1) is 11.8 Å². The van der Waals surface area contributed by atoms with E-state index in [4.69, 9.17) is 4.74 Å². The Morgan fingerprint density at radius 1 is 1.67 bits per heavy atom. The maximum absolute atomic E-state index is 11.2. The SMILES string of the molecule is C=CCC1OC(=O)C(C)C[C@H]1C. The quantitative estimate of drug-likeness (QED) is 0.466. The van der Waals surface area contributed by atoms with Crippen LogP contribution in [-0.4, -0.2) is 12.1 Å². The Kier molecular flexibility index (Phi) is 2.90. The van der Waals surface area contributed by atoms with Gasteiger partial charge in [-0.15, -0.1) is 6.58 Å². The third-order valence-corrected chi connectivity index (χ3v) is 2.43. The molecule has 0 aliphatic carbocycles. The number of cyclic esters (lactones) is 1. The summed E-state index contributed by atoms with van der Waals surface area (Å²) in [5.74, 6) is 0.483. The summed E-state index contributed by atoms with van der Waals surface area (Å²) in [6, 6.07) is 0. The summed E-state index contributed by atoms with van der Waals surface area (Å²) in [7, 11) is 0. The molecule has 12 heavy (non-hydrogen) atoms. The van der Waals surface area contributed by atoms with Gasteiger partial charge in [0.25, 0.3) is 0 Å². The van der Waals surface area contributed by atoms with Gasteiger partial charge in [0.05, 0.1) is 5.92 Å². The molecule has 0 N–H and O–H groups in total. The zero-order valence-electron chi connectivity index (χ0n) is 7.75. The fraction of sp³-hybridized carbons (Fsp3) is 0.700. The van der Waals surface area contributed by atoms with Gasteiger partial charge in [0.2, 0.25) is 0 Å². The van der Waals surface area contributed by atoms with Crippen LogP contribution in [0.4, 0.5) is 0 Å². The van der Waals surface area contributed by atoms with Crippen molar-refractivity contribution in [2.75, 3.05) is 0 Å². The highest BCUT2D eigenvalue weighted by Crippen LogP contribution is 2.27. The van der Waals surface area contributed by atoms with E-state index in [1.54, 1.807) is 0 Å². The summed E-state index contributed by atoms with van der Waals surface area (Å²) in [6.45, 7) is 7.68. The molecule has 1 heterocycles. The fourth-order valence-corrected chi connectivity index (χ4v) is 1.63. The van der Waals surface area contributed by atoms with Gasteiger partial charge in [-0.2, -0.15) is 0 Å². The number of ether oxygens (including phenoxy) is 1. The molecule has 0 saturated carbocycles. The van der Waals surface area contributed by atoms with Crippen LogP contribution in [0.2, 0.25) is 0 Å². The molecular weight excluding hydrogens is 152 g/mol. The molecule has 1 fully saturated rings. The Morgan fingerprint density at radius 2 is 2.33 bits per heavy atom. The molecule has 0 aromatic rings. The second-order valence-electron chi connectivity index (χ2n) is 3.61. The van der Waals surface area contributed by atoms with Crippen molar-refractivity contribution >= 4 is 5.97 Å². The number of carbonyl (C=O) groups is 1. The van der Waals surface area contributed by atoms with E-state index in [9.17, 15) is 4.79 Å². The Bertz CT molecular complexity index is 186. The first-order valence-electron chi connectivity index (χ1n) is 4.46. The van der Waals surface area contributed by atoms with Gasteiger partial charge in [-0.3, -0.25) is 4.79 Å². The minimum atomic E-state index is -0.0556. The Hall–Kier alpha value is -0.790. The lowest BCUT2D eigenvalue weighted by molar-refractivity contribution is -0.163. The monoisotopic (exact) mass is 168 g/mol. The second-order valence-corrected chi connectivity index (χ2v) is 3.61. The lowest BCUT2D eigenvalue weighted by atomic mass is 9.88. The van der Waals surface area contributed by atoms with E-state index >= 15 is 0 Å². The summed E-state index contributed by atoms with van der Waals surface area (Å²) in [5.41, 5.74) is 0. The van der Waals surface area contributed by atoms with E-state index in [-0.39, 0.29) is 18.0 Å². The number of hydrogen-bond acceptors (Lipinski definition) is 2. The Balaban J connectivity index is 2.54. The first-order valence-corrected chi connectivity index (χ1v) is 4.46. The molecule has 0 spiro atoms. The van der Waals surface area contributed by atoms with Crippen molar-refractivity contribution in [1.29, 1.82) is 0 Å². The highest BCUT2D eigenvalue weighted by Gasteiger charge is 2.31. The normalized spacial score (nSPS) is 35.8. The summed E-state index contributed by atoms with van der Waals surface area (Å²) in [6.07, 6.45) is 3.59. The van der Waals surface area contributed by atoms with Crippen molar-refractivity contribution in [3.8, 4) is 0 Å². The van der Waals surface area contributed by atoms with Crippen molar-refractivity contribution in [3.05, 3.63) is 12.7 Å². The number of carbonyl (C=O) groups excluding carboxylic acids is 1. The van der Waals surface area contributed by atoms with E-state index in [1.807, 2.05) is 13.0 Å². The van der Waals surface area contributed by atoms with Crippen molar-refractivity contribution in [2.45, 2.75) is 32.8 Å². The number of hydrogen-bond donors (Lipinski definition) is 0. The van der Waals surface area contributed by atoms with Crippen LogP contribution in [0.15, 0.2) is 12.7 Å². The first-order chi connectivity index (χ1) is 5.65. The van der Waals surface area contributed by atoms with Crippen molar-refractivity contribution < 1.29 is 9.53 Å². The van der Waals surface area contributed by atoms with Gasteiger partial charge in [-0.05, 0) is 12.3 Å². The molecule has 1 rings (SSSR count). The summed E-state index contributed by atoms with van der Waals surface area (Å²) < 4.78 is 5.24. The van der Waals surface area contributed by atoms with Crippen molar-refractivity contribution in [2.24, 2.45) is 11.8 Å². The first kappa shape index (κ1) is 9.30. The zero-order chi connectivity index (χ0) is 9.14. The third-order valence-electron chi connectivity index (χ3n) is 2.43. The third kappa shape index (κ3) is 1.87. The molecule has 1 aliphatic rings. The lowest BCUT2D eigenvalue weighted by Crippen LogP contribution is -2.35. The summed E-state index contributed by atoms with van der Waals surface area (Å²) in [5, 5.41) is 0. The average Bonchev–Trinajstić information content (AvgIpc) is 2.01. The molecule has 3 atom stereocenters. The molecule has 0 bridgehead atoms. The zero-order valence-corrected chi connectivity index (χ0v) is 7.75. The molecular formula is C10H16O2. The van der Waals surface area contributed by atoms with E-state index in [1.165, 1.54) is 0 Å². The van der Waals surface area contributed by atoms with Crippen LogP contribution in [0.25, 0.3) is 0 Å². The summed E-state index contributed by atoms with van der Waals surface area (Å²) in [4.78, 5) is 11.2. The van der Waals surface area contributed by atoms with Crippen molar-refractivity contribution in [1.82, 2.24) is 0 Å². The highest BCUT2D eigenvalue weighted by molar-refractivity contribution is 5.72. The maximum Gasteiger partial charge on any atom is 0.308 e. The Labute approximate surface area is 73.6 Å². The fourth-order valence-electron chi connectivity index (χ4n) is 1.63. The minimum Gasteiger partial charge on any atom is -0.462 e. The maximum atomic E-state index is 11.2. The van der Waals surface area contributed by atoms with Crippen LogP contribution in [0.3, 0.4) is 0 Å². The predicted molar refractivity (Wildman–Crippen MR) is 47.6 cm³/mol. The van der Waals surface area contributed by atoms with Crippen LogP contribution < -0.4 is 0 Å². The molecule has 68 valence electrons. The van der Waals surface area contributed by atoms with Gasteiger partial charge in [0.1, 0.15) is 6.10 Å². The minimum absolute atomic E-state index is 0.0556. The number of rotatable bonds is 2. The second kappa shape index (κ2) is 3.74. The summed E-state index contributed by atoms with van der Waals surface area (Å²) >= 11 is 0. The molecule has 1 aliphatic heterocycles. The molecule has 2 heteroatoms. The molecule has 0 aromatic heterocycles. The Morgan fingerprint density at radius 3 is 2.92 bits per heavy atom. The van der Waals surface area contributed by atoms with Crippen LogP contribution >= 0.6 is 0 Å². The van der Waals surface area contributed by atoms with Crippen LogP contribution in [-0.2, 0) is 9.53 Å². The molecule has 2 unspecified atom stereocenters. The standard InChI is InChI=1S/C10H16O2/c1-4-5-9-7(2)6-8(3)10(11)12-9/h4,7-9H,1,5-6H2,2-3H3/t7-,8?,9?/m1/s1. The van der Waals surface area contributed by atoms with Gasteiger partial charge in [0, 0.05) is 6.42 Å². The molecule has 0 amide bonds. The predicted octanol–water partition coefficient (Wildman–Crippen LogP) is 2.15. The molecule has 2 nitrogen and oxygen atoms in total. The van der Waals surface area contributed by atoms with Gasteiger partial charge in [-0.1, -0.05) is 19.9 Å². The van der Waals surface area contributed by atoms with Gasteiger partial charge in [0.15, 0.2) is 0 Å². The van der Waals surface area contributed by atoms with Gasteiger partial charge in [-0.25, -0.2) is 0 Å². The van der Waals surface area contributed by atoms with E-state index < -0.39 is 0 Å². The van der Waals surface area contributed by atoms with Gasteiger partial charge < -0.3 is 4.74 Å². The molecule has 0 radical (unpaired) electrons. The van der Waals surface area contributed by atoms with E-state index in [0.29, 0.717) is 5.92 Å². The number of esters is 1. The van der Waals surface area contributed by atoms with Crippen LogP contribution in [0.5, 0.6) is 0 Å². The van der Waals surface area contributed by atoms with Crippen molar-refractivity contribution in [3.63, 3.8) is 0 Å². The smallest absolute Gasteiger partial charge is 0.308 e. The molecule has 0 aromatic carbocycles. The average molecular weight is 168 g/mol.